The van der Waals surface area contributed by atoms with Crippen molar-refractivity contribution < 1.29 is 14.2 Å². The van der Waals surface area contributed by atoms with Crippen molar-refractivity contribution in [1.82, 2.24) is 0 Å². The minimum Gasteiger partial charge on any atom is -0.370 e. The molecule has 2 heterocycles. The lowest BCUT2D eigenvalue weighted by molar-refractivity contribution is -0.0419. The number of epoxide rings is 2. The molecule has 4 rings (SSSR count). The van der Waals surface area contributed by atoms with E-state index in [1.807, 2.05) is 36.4 Å². The van der Waals surface area contributed by atoms with Crippen LogP contribution in [0.15, 0.2) is 60.7 Å². The van der Waals surface area contributed by atoms with E-state index in [0.29, 0.717) is 0 Å². The lowest BCUT2D eigenvalue weighted by Crippen LogP contribution is -2.19. The molecule has 0 aromatic heterocycles. The summed E-state index contributed by atoms with van der Waals surface area (Å²) >= 11 is 0. The summed E-state index contributed by atoms with van der Waals surface area (Å²) in [6.07, 6.45) is 0.274. The molecule has 0 aliphatic carbocycles. The first-order valence-corrected chi connectivity index (χ1v) is 7.40. The summed E-state index contributed by atoms with van der Waals surface area (Å²) in [4.78, 5) is 0. The van der Waals surface area contributed by atoms with Gasteiger partial charge in [0.05, 0.1) is 13.2 Å². The van der Waals surface area contributed by atoms with Crippen LogP contribution in [-0.4, -0.2) is 25.4 Å². The predicted octanol–water partition coefficient (Wildman–Crippen LogP) is 3.28. The Bertz CT molecular complexity index is 522. The van der Waals surface area contributed by atoms with Gasteiger partial charge in [-0.15, -0.1) is 0 Å². The topological polar surface area (TPSA) is 34.3 Å². The van der Waals surface area contributed by atoms with E-state index in [2.05, 4.69) is 24.3 Å². The highest BCUT2D eigenvalue weighted by Crippen LogP contribution is 2.40. The molecule has 4 unspecified atom stereocenters. The van der Waals surface area contributed by atoms with E-state index in [-0.39, 0.29) is 24.4 Å². The molecule has 2 aliphatic rings. The first-order valence-electron chi connectivity index (χ1n) is 7.40. The lowest BCUT2D eigenvalue weighted by atomic mass is 10.0. The van der Waals surface area contributed by atoms with Crippen molar-refractivity contribution in [2.24, 2.45) is 0 Å². The molecule has 3 heteroatoms. The zero-order valence-electron chi connectivity index (χ0n) is 11.7. The average molecular weight is 282 g/mol. The molecular weight excluding hydrogens is 264 g/mol. The van der Waals surface area contributed by atoms with Gasteiger partial charge in [0.1, 0.15) is 24.4 Å². The molecule has 108 valence electrons. The standard InChI is InChI=1S/C18H18O3/c1-3-7-13(8-4-1)17(15-11-19-15)21-18(16-12-20-16)14-9-5-2-6-10-14/h1-10,15-18H,11-12H2. The first-order chi connectivity index (χ1) is 10.4. The van der Waals surface area contributed by atoms with E-state index in [1.165, 1.54) is 11.1 Å². The minimum atomic E-state index is -0.0272. The summed E-state index contributed by atoms with van der Waals surface area (Å²) in [5, 5.41) is 0. The Morgan fingerprint density at radius 3 is 1.43 bits per heavy atom. The molecule has 0 amide bonds. The van der Waals surface area contributed by atoms with Crippen LogP contribution in [0.4, 0.5) is 0 Å². The van der Waals surface area contributed by atoms with E-state index in [1.54, 1.807) is 0 Å². The Kier molecular flexibility index (Phi) is 3.47. The fourth-order valence-corrected chi connectivity index (χ4v) is 2.67. The third-order valence-electron chi connectivity index (χ3n) is 3.94. The Balaban J connectivity index is 1.58. The van der Waals surface area contributed by atoms with Crippen LogP contribution in [0.25, 0.3) is 0 Å². The third kappa shape index (κ3) is 3.00. The van der Waals surface area contributed by atoms with Gasteiger partial charge >= 0.3 is 0 Å². The quantitative estimate of drug-likeness (QED) is 0.762. The molecule has 2 aromatic carbocycles. The highest BCUT2D eigenvalue weighted by atomic mass is 16.6. The van der Waals surface area contributed by atoms with Crippen molar-refractivity contribution in [2.45, 2.75) is 24.4 Å². The van der Waals surface area contributed by atoms with Gasteiger partial charge in [-0.2, -0.15) is 0 Å². The van der Waals surface area contributed by atoms with Crippen molar-refractivity contribution in [3.8, 4) is 0 Å². The Morgan fingerprint density at radius 1 is 0.714 bits per heavy atom. The van der Waals surface area contributed by atoms with Crippen molar-refractivity contribution >= 4 is 0 Å². The second kappa shape index (κ2) is 5.60. The monoisotopic (exact) mass is 282 g/mol. The molecule has 0 spiro atoms. The minimum absolute atomic E-state index is 0.0272. The zero-order chi connectivity index (χ0) is 14.1. The van der Waals surface area contributed by atoms with Gasteiger partial charge in [-0.3, -0.25) is 0 Å². The van der Waals surface area contributed by atoms with Crippen LogP contribution in [0.3, 0.4) is 0 Å². The SMILES string of the molecule is c1ccc(C(OC(c2ccccc2)C2CO2)C2CO2)cc1. The van der Waals surface area contributed by atoms with Gasteiger partial charge < -0.3 is 14.2 Å². The smallest absolute Gasteiger partial charge is 0.112 e. The van der Waals surface area contributed by atoms with Crippen LogP contribution in [0.5, 0.6) is 0 Å². The van der Waals surface area contributed by atoms with Crippen LogP contribution >= 0.6 is 0 Å². The van der Waals surface area contributed by atoms with Crippen LogP contribution in [0.1, 0.15) is 23.3 Å². The first kappa shape index (κ1) is 13.0. The fourth-order valence-electron chi connectivity index (χ4n) is 2.67. The molecule has 2 fully saturated rings. The van der Waals surface area contributed by atoms with Crippen molar-refractivity contribution in [3.63, 3.8) is 0 Å². The maximum atomic E-state index is 6.42. The van der Waals surface area contributed by atoms with Crippen LogP contribution < -0.4 is 0 Å². The molecule has 4 atom stereocenters. The number of ether oxygens (including phenoxy) is 3. The summed E-state index contributed by atoms with van der Waals surface area (Å²) < 4.78 is 17.4. The summed E-state index contributed by atoms with van der Waals surface area (Å²) in [5.74, 6) is 0. The largest absolute Gasteiger partial charge is 0.370 e. The molecular formula is C18H18O3. The van der Waals surface area contributed by atoms with E-state index >= 15 is 0 Å². The zero-order valence-corrected chi connectivity index (χ0v) is 11.7. The van der Waals surface area contributed by atoms with Gasteiger partial charge in [0.25, 0.3) is 0 Å². The molecule has 0 N–H and O–H groups in total. The maximum Gasteiger partial charge on any atom is 0.112 e. The van der Waals surface area contributed by atoms with Gasteiger partial charge in [0.2, 0.25) is 0 Å². The van der Waals surface area contributed by atoms with E-state index in [9.17, 15) is 0 Å². The lowest BCUT2D eigenvalue weighted by Gasteiger charge is -2.23. The van der Waals surface area contributed by atoms with Crippen molar-refractivity contribution in [1.29, 1.82) is 0 Å². The molecule has 2 saturated heterocycles. The van der Waals surface area contributed by atoms with Crippen LogP contribution in [-0.2, 0) is 14.2 Å². The number of hydrogen-bond acceptors (Lipinski definition) is 3. The fraction of sp³-hybridized carbons (Fsp3) is 0.333. The van der Waals surface area contributed by atoms with E-state index in [4.69, 9.17) is 14.2 Å². The summed E-state index contributed by atoms with van der Waals surface area (Å²) in [5.41, 5.74) is 2.34. The predicted molar refractivity (Wildman–Crippen MR) is 78.9 cm³/mol. The number of rotatable bonds is 6. The molecule has 0 bridgehead atoms. The second-order valence-electron chi connectivity index (χ2n) is 5.54. The number of hydrogen-bond donors (Lipinski definition) is 0. The molecule has 2 aliphatic heterocycles. The second-order valence-corrected chi connectivity index (χ2v) is 5.54. The van der Waals surface area contributed by atoms with Crippen LogP contribution in [0, 0.1) is 0 Å². The van der Waals surface area contributed by atoms with Gasteiger partial charge in [0.15, 0.2) is 0 Å². The molecule has 3 nitrogen and oxygen atoms in total. The molecule has 2 aromatic rings. The van der Waals surface area contributed by atoms with Gasteiger partial charge in [0, 0.05) is 0 Å². The maximum absolute atomic E-state index is 6.42. The summed E-state index contributed by atoms with van der Waals surface area (Å²) in [6.45, 7) is 1.54. The Morgan fingerprint density at radius 2 is 1.10 bits per heavy atom. The highest BCUT2D eigenvalue weighted by molar-refractivity contribution is 5.23. The van der Waals surface area contributed by atoms with Crippen molar-refractivity contribution in [3.05, 3.63) is 71.8 Å². The third-order valence-corrected chi connectivity index (χ3v) is 3.94. The normalized spacial score (nSPS) is 26.1. The van der Waals surface area contributed by atoms with Crippen molar-refractivity contribution in [2.75, 3.05) is 13.2 Å². The Labute approximate surface area is 124 Å². The van der Waals surface area contributed by atoms with Gasteiger partial charge in [-0.05, 0) is 11.1 Å². The number of benzene rings is 2. The summed E-state index contributed by atoms with van der Waals surface area (Å²) in [6, 6.07) is 20.6. The highest BCUT2D eigenvalue weighted by Gasteiger charge is 2.41. The van der Waals surface area contributed by atoms with Crippen LogP contribution in [0.2, 0.25) is 0 Å². The van der Waals surface area contributed by atoms with Gasteiger partial charge in [-0.25, -0.2) is 0 Å². The average Bonchev–Trinajstić information content (AvgIpc) is 3.43. The van der Waals surface area contributed by atoms with E-state index in [0.717, 1.165) is 13.2 Å². The molecule has 21 heavy (non-hydrogen) atoms. The molecule has 0 saturated carbocycles. The Hall–Kier alpha value is -1.68. The van der Waals surface area contributed by atoms with E-state index < -0.39 is 0 Å². The summed E-state index contributed by atoms with van der Waals surface area (Å²) in [7, 11) is 0. The van der Waals surface area contributed by atoms with Gasteiger partial charge in [-0.1, -0.05) is 60.7 Å². The molecule has 0 radical (unpaired) electrons.